The molecule has 0 aromatic carbocycles. The Bertz CT molecular complexity index is 146. The zero-order chi connectivity index (χ0) is 12.4. The SMILES string of the molecule is CCNC(CCOCCC(C)C)CC(C)C. The summed E-state index contributed by atoms with van der Waals surface area (Å²) < 4.78 is 5.66. The highest BCUT2D eigenvalue weighted by Gasteiger charge is 2.09. The molecule has 0 aromatic rings. The number of hydrogen-bond acceptors (Lipinski definition) is 2. The maximum absolute atomic E-state index is 5.66. The fourth-order valence-electron chi connectivity index (χ4n) is 1.81. The number of ether oxygens (including phenoxy) is 1. The van der Waals surface area contributed by atoms with Crippen molar-refractivity contribution in [2.45, 2.75) is 59.9 Å². The van der Waals surface area contributed by atoms with Gasteiger partial charge in [-0.05, 0) is 37.6 Å². The summed E-state index contributed by atoms with van der Waals surface area (Å²) in [5.74, 6) is 1.51. The Hall–Kier alpha value is -0.0800. The molecule has 1 unspecified atom stereocenters. The van der Waals surface area contributed by atoms with E-state index in [0.717, 1.165) is 38.0 Å². The molecule has 0 aliphatic rings. The average molecular weight is 229 g/mol. The Morgan fingerprint density at radius 3 is 2.06 bits per heavy atom. The van der Waals surface area contributed by atoms with Crippen LogP contribution in [-0.2, 0) is 4.74 Å². The Balaban J connectivity index is 3.51. The maximum atomic E-state index is 5.66. The molecule has 0 saturated carbocycles. The summed E-state index contributed by atoms with van der Waals surface area (Å²) in [6, 6.07) is 0.629. The summed E-state index contributed by atoms with van der Waals surface area (Å²) in [5, 5.41) is 3.53. The molecule has 1 atom stereocenters. The molecule has 98 valence electrons. The van der Waals surface area contributed by atoms with Gasteiger partial charge in [0.25, 0.3) is 0 Å². The van der Waals surface area contributed by atoms with Gasteiger partial charge in [0.15, 0.2) is 0 Å². The first-order valence-corrected chi connectivity index (χ1v) is 6.87. The van der Waals surface area contributed by atoms with Gasteiger partial charge in [0.2, 0.25) is 0 Å². The lowest BCUT2D eigenvalue weighted by Gasteiger charge is -2.19. The second-order valence-corrected chi connectivity index (χ2v) is 5.47. The van der Waals surface area contributed by atoms with E-state index in [0.29, 0.717) is 6.04 Å². The molecule has 0 aromatic heterocycles. The normalized spacial score (nSPS) is 13.7. The van der Waals surface area contributed by atoms with E-state index in [2.05, 4.69) is 39.9 Å². The molecule has 0 amide bonds. The van der Waals surface area contributed by atoms with Gasteiger partial charge in [0.05, 0.1) is 0 Å². The quantitative estimate of drug-likeness (QED) is 0.579. The average Bonchev–Trinajstić information content (AvgIpc) is 2.16. The highest BCUT2D eigenvalue weighted by Crippen LogP contribution is 2.08. The van der Waals surface area contributed by atoms with Crippen LogP contribution in [0.1, 0.15) is 53.9 Å². The van der Waals surface area contributed by atoms with Crippen molar-refractivity contribution in [3.8, 4) is 0 Å². The van der Waals surface area contributed by atoms with E-state index in [1.165, 1.54) is 12.8 Å². The van der Waals surface area contributed by atoms with Crippen LogP contribution in [-0.4, -0.2) is 25.8 Å². The van der Waals surface area contributed by atoms with E-state index in [4.69, 9.17) is 4.74 Å². The molecule has 0 spiro atoms. The lowest BCUT2D eigenvalue weighted by molar-refractivity contribution is 0.112. The third-order valence-corrected chi connectivity index (χ3v) is 2.70. The highest BCUT2D eigenvalue weighted by atomic mass is 16.5. The van der Waals surface area contributed by atoms with Gasteiger partial charge in [-0.2, -0.15) is 0 Å². The number of hydrogen-bond donors (Lipinski definition) is 1. The van der Waals surface area contributed by atoms with Gasteiger partial charge in [-0.15, -0.1) is 0 Å². The molecular weight excluding hydrogens is 198 g/mol. The Morgan fingerprint density at radius 2 is 1.56 bits per heavy atom. The molecule has 0 heterocycles. The molecule has 0 fully saturated rings. The molecule has 16 heavy (non-hydrogen) atoms. The van der Waals surface area contributed by atoms with Gasteiger partial charge in [0, 0.05) is 19.3 Å². The summed E-state index contributed by atoms with van der Waals surface area (Å²) in [4.78, 5) is 0. The second-order valence-electron chi connectivity index (χ2n) is 5.47. The van der Waals surface area contributed by atoms with Crippen molar-refractivity contribution >= 4 is 0 Å². The first-order valence-electron chi connectivity index (χ1n) is 6.87. The molecule has 0 rings (SSSR count). The Morgan fingerprint density at radius 1 is 0.938 bits per heavy atom. The first kappa shape index (κ1) is 15.9. The van der Waals surface area contributed by atoms with E-state index in [-0.39, 0.29) is 0 Å². The van der Waals surface area contributed by atoms with Gasteiger partial charge < -0.3 is 10.1 Å². The van der Waals surface area contributed by atoms with E-state index < -0.39 is 0 Å². The number of nitrogens with one attached hydrogen (secondary N) is 1. The van der Waals surface area contributed by atoms with Crippen LogP contribution in [0.25, 0.3) is 0 Å². The minimum atomic E-state index is 0.629. The standard InChI is InChI=1S/C14H31NO/c1-6-15-14(11-13(4)5)8-10-16-9-7-12(2)3/h12-15H,6-11H2,1-5H3. The minimum absolute atomic E-state index is 0.629. The van der Waals surface area contributed by atoms with Crippen molar-refractivity contribution in [1.82, 2.24) is 5.32 Å². The van der Waals surface area contributed by atoms with Gasteiger partial charge in [-0.1, -0.05) is 34.6 Å². The van der Waals surface area contributed by atoms with Crippen LogP contribution in [0.15, 0.2) is 0 Å². The van der Waals surface area contributed by atoms with Crippen molar-refractivity contribution in [1.29, 1.82) is 0 Å². The van der Waals surface area contributed by atoms with Crippen molar-refractivity contribution < 1.29 is 4.74 Å². The lowest BCUT2D eigenvalue weighted by Crippen LogP contribution is -2.31. The van der Waals surface area contributed by atoms with E-state index in [1.54, 1.807) is 0 Å². The van der Waals surface area contributed by atoms with Crippen molar-refractivity contribution in [2.75, 3.05) is 19.8 Å². The van der Waals surface area contributed by atoms with Crippen molar-refractivity contribution in [3.05, 3.63) is 0 Å². The van der Waals surface area contributed by atoms with Crippen LogP contribution in [0, 0.1) is 11.8 Å². The highest BCUT2D eigenvalue weighted by molar-refractivity contribution is 4.67. The largest absolute Gasteiger partial charge is 0.381 e. The van der Waals surface area contributed by atoms with Crippen LogP contribution in [0.2, 0.25) is 0 Å². The number of rotatable bonds is 10. The third kappa shape index (κ3) is 10.4. The van der Waals surface area contributed by atoms with Gasteiger partial charge in [-0.25, -0.2) is 0 Å². The summed E-state index contributed by atoms with van der Waals surface area (Å²) >= 11 is 0. The van der Waals surface area contributed by atoms with Crippen LogP contribution in [0.5, 0.6) is 0 Å². The van der Waals surface area contributed by atoms with Crippen molar-refractivity contribution in [3.63, 3.8) is 0 Å². The maximum Gasteiger partial charge on any atom is 0.0480 e. The zero-order valence-electron chi connectivity index (χ0n) is 11.9. The molecule has 0 aliphatic heterocycles. The van der Waals surface area contributed by atoms with Crippen LogP contribution in [0.3, 0.4) is 0 Å². The van der Waals surface area contributed by atoms with Gasteiger partial charge in [-0.3, -0.25) is 0 Å². The van der Waals surface area contributed by atoms with E-state index in [9.17, 15) is 0 Å². The smallest absolute Gasteiger partial charge is 0.0480 e. The van der Waals surface area contributed by atoms with Gasteiger partial charge >= 0.3 is 0 Å². The fraction of sp³-hybridized carbons (Fsp3) is 1.00. The van der Waals surface area contributed by atoms with Crippen LogP contribution >= 0.6 is 0 Å². The summed E-state index contributed by atoms with van der Waals surface area (Å²) in [7, 11) is 0. The van der Waals surface area contributed by atoms with E-state index >= 15 is 0 Å². The monoisotopic (exact) mass is 229 g/mol. The molecule has 0 saturated heterocycles. The minimum Gasteiger partial charge on any atom is -0.381 e. The molecule has 0 radical (unpaired) electrons. The summed E-state index contributed by atoms with van der Waals surface area (Å²) in [6.07, 6.45) is 3.57. The first-order chi connectivity index (χ1) is 7.56. The fourth-order valence-corrected chi connectivity index (χ4v) is 1.81. The molecule has 0 aliphatic carbocycles. The zero-order valence-corrected chi connectivity index (χ0v) is 11.9. The van der Waals surface area contributed by atoms with Crippen molar-refractivity contribution in [2.24, 2.45) is 11.8 Å². The molecule has 1 N–H and O–H groups in total. The van der Waals surface area contributed by atoms with Gasteiger partial charge in [0.1, 0.15) is 0 Å². The molecule has 0 bridgehead atoms. The van der Waals surface area contributed by atoms with Crippen LogP contribution < -0.4 is 5.32 Å². The Labute approximate surface area is 102 Å². The molecular formula is C14H31NO. The molecule has 2 heteroatoms. The second kappa shape index (κ2) is 10.1. The summed E-state index contributed by atoms with van der Waals surface area (Å²) in [6.45, 7) is 14.1. The van der Waals surface area contributed by atoms with E-state index in [1.807, 2.05) is 0 Å². The van der Waals surface area contributed by atoms with Crippen LogP contribution in [0.4, 0.5) is 0 Å². The topological polar surface area (TPSA) is 21.3 Å². The Kier molecular flexibility index (Phi) is 10.0. The lowest BCUT2D eigenvalue weighted by atomic mass is 10.0. The predicted molar refractivity (Wildman–Crippen MR) is 71.8 cm³/mol. The summed E-state index contributed by atoms with van der Waals surface area (Å²) in [5.41, 5.74) is 0. The molecule has 2 nitrogen and oxygen atoms in total. The predicted octanol–water partition coefficient (Wildman–Crippen LogP) is 3.46. The third-order valence-electron chi connectivity index (χ3n) is 2.70.